The number of fused-ring (bicyclic) bond motifs is 3. The fraction of sp³-hybridized carbons (Fsp3) is 0.357. The van der Waals surface area contributed by atoms with Crippen LogP contribution < -0.4 is 15.4 Å². The second-order valence-corrected chi connectivity index (χ2v) is 11.9. The molecule has 4 aromatic heterocycles. The van der Waals surface area contributed by atoms with Crippen LogP contribution in [0.4, 0.5) is 16.3 Å². The molecule has 1 saturated heterocycles. The Bertz CT molecular complexity index is 1650. The Morgan fingerprint density at radius 3 is 2.73 bits per heavy atom. The minimum absolute atomic E-state index is 0.0468. The Hall–Kier alpha value is -4.00. The maximum Gasteiger partial charge on any atom is 0.324 e. The van der Waals surface area contributed by atoms with Crippen LogP contribution in [0.25, 0.3) is 26.6 Å². The van der Waals surface area contributed by atoms with Crippen LogP contribution in [-0.2, 0) is 10.2 Å². The standard InChI is InChI=1S/C28H31N7O4S/c1-28(2,3)22-13-23(33-39-22)31-26(36)29-18-7-5-17(6-8-18)20-15-35-21-9-10-24(32-25(21)40-27(35)30-20)38-16-19-14-34(4)11-12-37-19/h5-10,13,15,19H,11-12,14,16H2,1-4H3,(H2,29,31,33,36). The van der Waals surface area contributed by atoms with Gasteiger partial charge in [-0.25, -0.2) is 14.8 Å². The number of urea groups is 1. The first-order chi connectivity index (χ1) is 19.2. The molecule has 12 heteroatoms. The number of thiazole rings is 1. The number of imidazole rings is 1. The highest BCUT2D eigenvalue weighted by molar-refractivity contribution is 7.23. The van der Waals surface area contributed by atoms with E-state index >= 15 is 0 Å². The average Bonchev–Trinajstić information content (AvgIpc) is 3.63. The van der Waals surface area contributed by atoms with Crippen molar-refractivity contribution >= 4 is 44.2 Å². The lowest BCUT2D eigenvalue weighted by Crippen LogP contribution is -2.42. The van der Waals surface area contributed by atoms with Gasteiger partial charge in [0.15, 0.2) is 10.8 Å². The van der Waals surface area contributed by atoms with Gasteiger partial charge >= 0.3 is 6.03 Å². The third kappa shape index (κ3) is 5.64. The van der Waals surface area contributed by atoms with E-state index in [1.165, 1.54) is 11.3 Å². The normalized spacial score (nSPS) is 16.4. The number of morpholine rings is 1. The van der Waals surface area contributed by atoms with Gasteiger partial charge in [-0.2, -0.15) is 0 Å². The lowest BCUT2D eigenvalue weighted by atomic mass is 9.93. The van der Waals surface area contributed by atoms with E-state index in [2.05, 4.69) is 32.7 Å². The van der Waals surface area contributed by atoms with Crippen LogP contribution in [0.15, 0.2) is 53.2 Å². The average molecular weight is 562 g/mol. The number of pyridine rings is 1. The van der Waals surface area contributed by atoms with Crippen molar-refractivity contribution in [2.24, 2.45) is 0 Å². The highest BCUT2D eigenvalue weighted by Crippen LogP contribution is 2.30. The second kappa shape index (κ2) is 10.5. The minimum Gasteiger partial charge on any atom is -0.475 e. The number of aromatic nitrogens is 4. The quantitative estimate of drug-likeness (QED) is 0.289. The summed E-state index contributed by atoms with van der Waals surface area (Å²) in [6.45, 7) is 9.03. The van der Waals surface area contributed by atoms with Gasteiger partial charge in [0.1, 0.15) is 23.3 Å². The molecule has 0 spiro atoms. The van der Waals surface area contributed by atoms with E-state index in [1.54, 1.807) is 6.07 Å². The minimum atomic E-state index is -0.398. The molecule has 6 rings (SSSR count). The van der Waals surface area contributed by atoms with Gasteiger partial charge in [0, 0.05) is 48.1 Å². The molecule has 11 nitrogen and oxygen atoms in total. The van der Waals surface area contributed by atoms with E-state index in [1.807, 2.05) is 67.8 Å². The third-order valence-electron chi connectivity index (χ3n) is 6.62. The Labute approximate surface area is 235 Å². The monoisotopic (exact) mass is 561 g/mol. The molecule has 1 aliphatic rings. The highest BCUT2D eigenvalue weighted by atomic mass is 32.1. The molecule has 0 aliphatic carbocycles. The molecule has 1 aliphatic heterocycles. The van der Waals surface area contributed by atoms with Crippen molar-refractivity contribution in [3.63, 3.8) is 0 Å². The summed E-state index contributed by atoms with van der Waals surface area (Å²) in [4.78, 5) is 25.9. The van der Waals surface area contributed by atoms with Crippen molar-refractivity contribution in [3.8, 4) is 17.1 Å². The van der Waals surface area contributed by atoms with Crippen molar-refractivity contribution in [2.75, 3.05) is 44.0 Å². The van der Waals surface area contributed by atoms with E-state index in [0.717, 1.165) is 46.3 Å². The summed E-state index contributed by atoms with van der Waals surface area (Å²) in [7, 11) is 2.09. The van der Waals surface area contributed by atoms with E-state index in [0.29, 0.717) is 29.8 Å². The zero-order valence-electron chi connectivity index (χ0n) is 22.8. The van der Waals surface area contributed by atoms with E-state index in [-0.39, 0.29) is 11.5 Å². The van der Waals surface area contributed by atoms with Crippen molar-refractivity contribution in [2.45, 2.75) is 32.3 Å². The fourth-order valence-corrected chi connectivity index (χ4v) is 5.40. The molecule has 1 aromatic carbocycles. The third-order valence-corrected chi connectivity index (χ3v) is 7.59. The van der Waals surface area contributed by atoms with Gasteiger partial charge in [-0.1, -0.05) is 49.4 Å². The number of hydrogen-bond donors (Lipinski definition) is 2. The number of hydrogen-bond acceptors (Lipinski definition) is 9. The van der Waals surface area contributed by atoms with Gasteiger partial charge in [0.2, 0.25) is 5.88 Å². The SMILES string of the molecule is CN1CCOC(COc2ccc3c(n2)sc2nc(-c4ccc(NC(=O)Nc5cc(C(C)(C)C)on5)cc4)cn23)C1. The molecule has 1 unspecified atom stereocenters. The molecule has 40 heavy (non-hydrogen) atoms. The second-order valence-electron chi connectivity index (χ2n) is 10.9. The number of ether oxygens (including phenoxy) is 2. The molecule has 0 bridgehead atoms. The molecule has 0 saturated carbocycles. The van der Waals surface area contributed by atoms with Crippen molar-refractivity contribution in [1.82, 2.24) is 24.4 Å². The van der Waals surface area contributed by atoms with Gasteiger partial charge in [0.05, 0.1) is 17.8 Å². The first-order valence-electron chi connectivity index (χ1n) is 13.1. The number of carbonyl (C=O) groups excluding carboxylic acids is 1. The van der Waals surface area contributed by atoms with Crippen LogP contribution in [0.3, 0.4) is 0 Å². The number of carbonyl (C=O) groups is 1. The number of anilines is 2. The summed E-state index contributed by atoms with van der Waals surface area (Å²) in [6.07, 6.45) is 2.04. The van der Waals surface area contributed by atoms with Gasteiger partial charge in [-0.3, -0.25) is 9.72 Å². The summed E-state index contributed by atoms with van der Waals surface area (Å²) < 4.78 is 19.1. The topological polar surface area (TPSA) is 119 Å². The summed E-state index contributed by atoms with van der Waals surface area (Å²) in [5.41, 5.74) is 3.20. The number of rotatable bonds is 6. The zero-order chi connectivity index (χ0) is 27.9. The van der Waals surface area contributed by atoms with Crippen LogP contribution in [0.5, 0.6) is 5.88 Å². The summed E-state index contributed by atoms with van der Waals surface area (Å²) in [5, 5.41) is 9.43. The zero-order valence-corrected chi connectivity index (χ0v) is 23.6. The van der Waals surface area contributed by atoms with Crippen LogP contribution in [0, 0.1) is 0 Å². The summed E-state index contributed by atoms with van der Waals surface area (Å²) >= 11 is 1.51. The maximum absolute atomic E-state index is 12.4. The predicted molar refractivity (Wildman–Crippen MR) is 154 cm³/mol. The van der Waals surface area contributed by atoms with Crippen LogP contribution in [-0.4, -0.2) is 69.9 Å². The highest BCUT2D eigenvalue weighted by Gasteiger charge is 2.21. The van der Waals surface area contributed by atoms with Crippen LogP contribution >= 0.6 is 11.3 Å². The Kier molecular flexibility index (Phi) is 6.90. The largest absolute Gasteiger partial charge is 0.475 e. The molecule has 1 atom stereocenters. The Morgan fingerprint density at radius 2 is 1.98 bits per heavy atom. The molecular formula is C28H31N7O4S. The van der Waals surface area contributed by atoms with Gasteiger partial charge in [-0.15, -0.1) is 0 Å². The molecule has 5 aromatic rings. The number of likely N-dealkylation sites (N-methyl/N-ethyl adjacent to an activating group) is 1. The van der Waals surface area contributed by atoms with Crippen molar-refractivity contribution in [3.05, 3.63) is 54.4 Å². The summed E-state index contributed by atoms with van der Waals surface area (Å²) in [6, 6.07) is 12.7. The van der Waals surface area contributed by atoms with Gasteiger partial charge in [0.25, 0.3) is 0 Å². The smallest absolute Gasteiger partial charge is 0.324 e. The summed E-state index contributed by atoms with van der Waals surface area (Å²) in [5.74, 6) is 1.64. The first kappa shape index (κ1) is 26.2. The lowest BCUT2D eigenvalue weighted by molar-refractivity contribution is -0.0409. The molecule has 2 N–H and O–H groups in total. The van der Waals surface area contributed by atoms with Crippen LogP contribution in [0.1, 0.15) is 26.5 Å². The Balaban J connectivity index is 1.10. The molecule has 5 heterocycles. The lowest BCUT2D eigenvalue weighted by Gasteiger charge is -2.29. The molecule has 208 valence electrons. The van der Waals surface area contributed by atoms with Gasteiger partial charge < -0.3 is 24.2 Å². The van der Waals surface area contributed by atoms with Crippen LogP contribution in [0.2, 0.25) is 0 Å². The number of benzene rings is 1. The number of nitrogens with zero attached hydrogens (tertiary/aromatic N) is 5. The molecule has 1 fully saturated rings. The van der Waals surface area contributed by atoms with Crippen molar-refractivity contribution < 1.29 is 18.8 Å². The Morgan fingerprint density at radius 1 is 1.15 bits per heavy atom. The van der Waals surface area contributed by atoms with E-state index in [4.69, 9.17) is 19.0 Å². The molecule has 2 amide bonds. The molecule has 0 radical (unpaired) electrons. The van der Waals surface area contributed by atoms with Crippen molar-refractivity contribution in [1.29, 1.82) is 0 Å². The number of nitrogens with one attached hydrogen (secondary N) is 2. The predicted octanol–water partition coefficient (Wildman–Crippen LogP) is 5.25. The first-order valence-corrected chi connectivity index (χ1v) is 13.9. The van der Waals surface area contributed by atoms with E-state index in [9.17, 15) is 4.79 Å². The van der Waals surface area contributed by atoms with E-state index < -0.39 is 6.03 Å². The maximum atomic E-state index is 12.4. The fourth-order valence-electron chi connectivity index (χ4n) is 4.42. The number of amides is 2. The molecular weight excluding hydrogens is 530 g/mol. The van der Waals surface area contributed by atoms with Gasteiger partial charge in [-0.05, 0) is 25.2 Å².